The Hall–Kier alpha value is -0.720. The van der Waals surface area contributed by atoms with Gasteiger partial charge in [-0.3, -0.25) is 10.1 Å². The van der Waals surface area contributed by atoms with Crippen LogP contribution in [0.4, 0.5) is 0 Å². The number of hydrogen-bond acceptors (Lipinski definition) is 5. The van der Waals surface area contributed by atoms with Crippen molar-refractivity contribution in [2.45, 2.75) is 44.3 Å². The van der Waals surface area contributed by atoms with E-state index < -0.39 is 29.0 Å². The van der Waals surface area contributed by atoms with Gasteiger partial charge in [0.2, 0.25) is 0 Å². The fourth-order valence-electron chi connectivity index (χ4n) is 1.53. The molecule has 1 rings (SSSR count). The van der Waals surface area contributed by atoms with Crippen molar-refractivity contribution in [2.24, 2.45) is 0 Å². The second kappa shape index (κ2) is 3.21. The van der Waals surface area contributed by atoms with E-state index in [-0.39, 0.29) is 6.42 Å². The summed E-state index contributed by atoms with van der Waals surface area (Å²) in [5.41, 5.74) is -1.52. The molecule has 0 spiro atoms. The van der Waals surface area contributed by atoms with E-state index in [0.29, 0.717) is 0 Å². The van der Waals surface area contributed by atoms with E-state index in [2.05, 4.69) is 0 Å². The lowest BCUT2D eigenvalue weighted by molar-refractivity contribution is -0.593. The van der Waals surface area contributed by atoms with Gasteiger partial charge < -0.3 is 14.9 Å². The summed E-state index contributed by atoms with van der Waals surface area (Å²) in [7, 11) is 0. The normalized spacial score (nSPS) is 46.0. The molecule has 1 aliphatic heterocycles. The number of ether oxygens (including phenoxy) is 1. The number of nitrogens with zero attached hydrogens (tertiary/aromatic N) is 1. The van der Waals surface area contributed by atoms with Crippen molar-refractivity contribution in [3.05, 3.63) is 10.1 Å². The van der Waals surface area contributed by atoms with Crippen molar-refractivity contribution in [1.29, 1.82) is 0 Å². The van der Waals surface area contributed by atoms with E-state index >= 15 is 0 Å². The van der Waals surface area contributed by atoms with E-state index in [4.69, 9.17) is 9.84 Å². The quantitative estimate of drug-likeness (QED) is 0.431. The molecule has 0 bridgehead atoms. The molecular formula is C7H13NO5. The molecule has 0 aliphatic carbocycles. The van der Waals surface area contributed by atoms with Gasteiger partial charge in [0.25, 0.3) is 5.54 Å². The largest absolute Gasteiger partial charge is 0.383 e. The molecule has 13 heavy (non-hydrogen) atoms. The van der Waals surface area contributed by atoms with Crippen LogP contribution in [0.5, 0.6) is 0 Å². The lowest BCUT2D eigenvalue weighted by Crippen LogP contribution is -2.58. The molecule has 0 aromatic heterocycles. The zero-order chi connectivity index (χ0) is 10.2. The lowest BCUT2D eigenvalue weighted by Gasteiger charge is -2.37. The Morgan fingerprint density at radius 1 is 1.62 bits per heavy atom. The highest BCUT2D eigenvalue weighted by Gasteiger charge is 2.53. The summed E-state index contributed by atoms with van der Waals surface area (Å²) in [4.78, 5) is 10.1. The van der Waals surface area contributed by atoms with Crippen molar-refractivity contribution in [3.63, 3.8) is 0 Å². The van der Waals surface area contributed by atoms with Gasteiger partial charge in [-0.05, 0) is 6.92 Å². The summed E-state index contributed by atoms with van der Waals surface area (Å²) in [6.07, 6.45) is -3.27. The van der Waals surface area contributed by atoms with Crippen LogP contribution in [0.2, 0.25) is 0 Å². The van der Waals surface area contributed by atoms with E-state index in [0.717, 1.165) is 0 Å². The predicted octanol–water partition coefficient (Wildman–Crippen LogP) is -0.490. The first kappa shape index (κ1) is 10.4. The van der Waals surface area contributed by atoms with Crippen LogP contribution >= 0.6 is 0 Å². The molecule has 6 nitrogen and oxygen atoms in total. The zero-order valence-electron chi connectivity index (χ0n) is 7.51. The molecule has 0 saturated carbocycles. The van der Waals surface area contributed by atoms with Gasteiger partial charge in [0.05, 0.1) is 12.5 Å². The van der Waals surface area contributed by atoms with Gasteiger partial charge in [-0.1, -0.05) is 0 Å². The summed E-state index contributed by atoms with van der Waals surface area (Å²) in [5.74, 6) is 0. The monoisotopic (exact) mass is 191 g/mol. The lowest BCUT2D eigenvalue weighted by atomic mass is 9.86. The summed E-state index contributed by atoms with van der Waals surface area (Å²) in [6, 6.07) is 0. The van der Waals surface area contributed by atoms with Crippen molar-refractivity contribution in [3.8, 4) is 0 Å². The van der Waals surface area contributed by atoms with Gasteiger partial charge in [0.1, 0.15) is 6.10 Å². The molecule has 76 valence electrons. The van der Waals surface area contributed by atoms with Crippen LogP contribution < -0.4 is 0 Å². The maximum Gasteiger partial charge on any atom is 0.252 e. The molecule has 1 saturated heterocycles. The van der Waals surface area contributed by atoms with Crippen molar-refractivity contribution in [2.75, 3.05) is 0 Å². The van der Waals surface area contributed by atoms with Crippen molar-refractivity contribution < 1.29 is 19.9 Å². The van der Waals surface area contributed by atoms with E-state index in [9.17, 15) is 15.2 Å². The maximum atomic E-state index is 10.7. The smallest absolute Gasteiger partial charge is 0.252 e. The average Bonchev–Trinajstić information content (AvgIpc) is 1.99. The Labute approximate surface area is 75.3 Å². The molecule has 1 unspecified atom stereocenters. The van der Waals surface area contributed by atoms with Gasteiger partial charge >= 0.3 is 0 Å². The van der Waals surface area contributed by atoms with E-state index in [1.165, 1.54) is 13.8 Å². The number of aliphatic hydroxyl groups is 2. The molecular weight excluding hydrogens is 178 g/mol. The highest BCUT2D eigenvalue weighted by molar-refractivity contribution is 4.91. The van der Waals surface area contributed by atoms with Gasteiger partial charge in [0.15, 0.2) is 6.29 Å². The Balaban J connectivity index is 2.88. The number of hydrogen-bond donors (Lipinski definition) is 2. The summed E-state index contributed by atoms with van der Waals surface area (Å²) in [6.45, 7) is 2.80. The Morgan fingerprint density at radius 2 is 2.15 bits per heavy atom. The topological polar surface area (TPSA) is 92.8 Å². The minimum Gasteiger partial charge on any atom is -0.383 e. The first-order chi connectivity index (χ1) is 5.88. The molecule has 1 fully saturated rings. The summed E-state index contributed by atoms with van der Waals surface area (Å²) < 4.78 is 4.85. The van der Waals surface area contributed by atoms with Crippen LogP contribution in [0.25, 0.3) is 0 Å². The molecule has 0 amide bonds. The summed E-state index contributed by atoms with van der Waals surface area (Å²) >= 11 is 0. The first-order valence-corrected chi connectivity index (χ1v) is 4.04. The molecule has 4 atom stereocenters. The summed E-state index contributed by atoms with van der Waals surface area (Å²) in [5, 5.41) is 29.3. The van der Waals surface area contributed by atoms with Gasteiger partial charge in [-0.15, -0.1) is 0 Å². The third-order valence-electron chi connectivity index (χ3n) is 2.46. The first-order valence-electron chi connectivity index (χ1n) is 4.04. The van der Waals surface area contributed by atoms with Gasteiger partial charge in [0, 0.05) is 11.8 Å². The second-order valence-electron chi connectivity index (χ2n) is 3.56. The van der Waals surface area contributed by atoms with Gasteiger partial charge in [-0.25, -0.2) is 0 Å². The second-order valence-corrected chi connectivity index (χ2v) is 3.56. The Bertz CT molecular complexity index is 221. The van der Waals surface area contributed by atoms with Crippen molar-refractivity contribution >= 4 is 0 Å². The Morgan fingerprint density at radius 3 is 2.62 bits per heavy atom. The average molecular weight is 191 g/mol. The predicted molar refractivity (Wildman–Crippen MR) is 42.6 cm³/mol. The van der Waals surface area contributed by atoms with Crippen LogP contribution in [0.1, 0.15) is 20.3 Å². The fraction of sp³-hybridized carbons (Fsp3) is 1.00. The molecule has 1 heterocycles. The molecule has 1 aliphatic rings. The van der Waals surface area contributed by atoms with Crippen LogP contribution in [0.15, 0.2) is 0 Å². The van der Waals surface area contributed by atoms with E-state index in [1.807, 2.05) is 0 Å². The van der Waals surface area contributed by atoms with Gasteiger partial charge in [-0.2, -0.15) is 0 Å². The third kappa shape index (κ3) is 1.65. The SMILES string of the molecule is C[C@@H]1OC(O)C[C@@](C)([N+](=O)[O-])[C@H]1O. The molecule has 2 N–H and O–H groups in total. The van der Waals surface area contributed by atoms with Crippen LogP contribution in [-0.4, -0.2) is 39.2 Å². The highest BCUT2D eigenvalue weighted by Crippen LogP contribution is 2.30. The Kier molecular flexibility index (Phi) is 2.56. The number of rotatable bonds is 1. The minimum atomic E-state index is -1.52. The van der Waals surface area contributed by atoms with Crippen molar-refractivity contribution in [1.82, 2.24) is 0 Å². The number of nitro groups is 1. The molecule has 6 heteroatoms. The fourth-order valence-corrected chi connectivity index (χ4v) is 1.53. The number of aliphatic hydroxyl groups excluding tert-OH is 2. The van der Waals surface area contributed by atoms with Crippen LogP contribution in [-0.2, 0) is 4.74 Å². The maximum absolute atomic E-state index is 10.7. The van der Waals surface area contributed by atoms with Crippen LogP contribution in [0.3, 0.4) is 0 Å². The zero-order valence-corrected chi connectivity index (χ0v) is 7.51. The molecule has 0 radical (unpaired) electrons. The minimum absolute atomic E-state index is 0.189. The van der Waals surface area contributed by atoms with E-state index in [1.54, 1.807) is 0 Å². The van der Waals surface area contributed by atoms with Crippen LogP contribution in [0, 0.1) is 10.1 Å². The molecule has 0 aromatic rings. The highest BCUT2D eigenvalue weighted by atomic mass is 16.6. The third-order valence-corrected chi connectivity index (χ3v) is 2.46. The standard InChI is InChI=1S/C7H13NO5/c1-4-6(10)7(2,8(11)12)3-5(9)13-4/h4-6,9-10H,3H2,1-2H3/t4-,5?,6-,7+/m0/s1. The molecule has 0 aromatic carbocycles.